The van der Waals surface area contributed by atoms with Crippen LogP contribution in [0, 0.1) is 0 Å². The van der Waals surface area contributed by atoms with E-state index >= 15 is 0 Å². The second-order valence-corrected chi connectivity index (χ2v) is 6.09. The summed E-state index contributed by atoms with van der Waals surface area (Å²) in [6.45, 7) is 9.40. The predicted octanol–water partition coefficient (Wildman–Crippen LogP) is 1.76. The Labute approximate surface area is 137 Å². The van der Waals surface area contributed by atoms with Crippen molar-refractivity contribution in [3.8, 4) is 5.75 Å². The van der Waals surface area contributed by atoms with Crippen LogP contribution in [0.5, 0.6) is 5.75 Å². The molecule has 1 aliphatic rings. The van der Waals surface area contributed by atoms with Gasteiger partial charge in [-0.1, -0.05) is 11.6 Å². The number of ether oxygens (including phenoxy) is 1. The Morgan fingerprint density at radius 1 is 1.41 bits per heavy atom. The topological polar surface area (TPSA) is 53.6 Å². The average Bonchev–Trinajstić information content (AvgIpc) is 2.49. The standard InChI is InChI=1S/C16H24ClN3O2/c1-12(2)22-15-4-3-13(17)11-14(15)16(21)19-7-10-20-8-5-18-6-9-20/h3-4,11-12,18H,5-10H2,1-2H3,(H,19,21). The number of hydrogen-bond donors (Lipinski definition) is 2. The first kappa shape index (κ1) is 17.1. The Morgan fingerprint density at radius 3 is 2.82 bits per heavy atom. The quantitative estimate of drug-likeness (QED) is 0.837. The van der Waals surface area contributed by atoms with Crippen molar-refractivity contribution in [3.63, 3.8) is 0 Å². The van der Waals surface area contributed by atoms with Gasteiger partial charge in [-0.25, -0.2) is 0 Å². The lowest BCUT2D eigenvalue weighted by molar-refractivity contribution is 0.0941. The van der Waals surface area contributed by atoms with Gasteiger partial charge in [0.1, 0.15) is 5.75 Å². The molecule has 0 atom stereocenters. The molecule has 0 spiro atoms. The summed E-state index contributed by atoms with van der Waals surface area (Å²) in [6.07, 6.45) is 0.00794. The Morgan fingerprint density at radius 2 is 2.14 bits per heavy atom. The van der Waals surface area contributed by atoms with Gasteiger partial charge in [0.05, 0.1) is 11.7 Å². The molecule has 2 rings (SSSR count). The van der Waals surface area contributed by atoms with E-state index in [0.717, 1.165) is 32.7 Å². The molecule has 6 heteroatoms. The van der Waals surface area contributed by atoms with Crippen LogP contribution in [-0.4, -0.2) is 56.2 Å². The van der Waals surface area contributed by atoms with Crippen molar-refractivity contribution >= 4 is 17.5 Å². The molecule has 0 bridgehead atoms. The summed E-state index contributed by atoms with van der Waals surface area (Å²) in [5.41, 5.74) is 0.488. The molecular formula is C16H24ClN3O2. The highest BCUT2D eigenvalue weighted by Gasteiger charge is 2.15. The number of hydrogen-bond acceptors (Lipinski definition) is 4. The number of carbonyl (C=O) groups excluding carboxylic acids is 1. The van der Waals surface area contributed by atoms with Crippen molar-refractivity contribution in [2.45, 2.75) is 20.0 Å². The number of rotatable bonds is 6. The average molecular weight is 326 g/mol. The largest absolute Gasteiger partial charge is 0.490 e. The van der Waals surface area contributed by atoms with Crippen LogP contribution in [0.4, 0.5) is 0 Å². The van der Waals surface area contributed by atoms with Gasteiger partial charge in [-0.2, -0.15) is 0 Å². The lowest BCUT2D eigenvalue weighted by Gasteiger charge is -2.27. The van der Waals surface area contributed by atoms with Gasteiger partial charge in [0.2, 0.25) is 0 Å². The van der Waals surface area contributed by atoms with E-state index in [1.807, 2.05) is 13.8 Å². The lowest BCUT2D eigenvalue weighted by Crippen LogP contribution is -2.46. The minimum absolute atomic E-state index is 0.00794. The summed E-state index contributed by atoms with van der Waals surface area (Å²) in [5.74, 6) is 0.423. The molecule has 22 heavy (non-hydrogen) atoms. The van der Waals surface area contributed by atoms with Crippen LogP contribution in [0.25, 0.3) is 0 Å². The molecule has 0 aliphatic carbocycles. The first-order chi connectivity index (χ1) is 10.6. The number of halogens is 1. The fourth-order valence-corrected chi connectivity index (χ4v) is 2.57. The number of nitrogens with zero attached hydrogens (tertiary/aromatic N) is 1. The summed E-state index contributed by atoms with van der Waals surface area (Å²) in [7, 11) is 0. The van der Waals surface area contributed by atoms with E-state index in [0.29, 0.717) is 22.9 Å². The van der Waals surface area contributed by atoms with Gasteiger partial charge in [0.25, 0.3) is 5.91 Å². The summed E-state index contributed by atoms with van der Waals surface area (Å²) >= 11 is 6.00. The first-order valence-electron chi connectivity index (χ1n) is 7.74. The third-order valence-electron chi connectivity index (χ3n) is 3.47. The Balaban J connectivity index is 1.91. The molecule has 5 nitrogen and oxygen atoms in total. The highest BCUT2D eigenvalue weighted by molar-refractivity contribution is 6.31. The van der Waals surface area contributed by atoms with E-state index in [1.165, 1.54) is 0 Å². The molecular weight excluding hydrogens is 302 g/mol. The smallest absolute Gasteiger partial charge is 0.255 e. The molecule has 1 aromatic carbocycles. The molecule has 1 heterocycles. The molecule has 0 radical (unpaired) electrons. The minimum Gasteiger partial charge on any atom is -0.490 e. The first-order valence-corrected chi connectivity index (χ1v) is 8.11. The molecule has 1 aromatic rings. The zero-order valence-electron chi connectivity index (χ0n) is 13.2. The van der Waals surface area contributed by atoms with Crippen LogP contribution < -0.4 is 15.4 Å². The molecule has 0 unspecified atom stereocenters. The maximum Gasteiger partial charge on any atom is 0.255 e. The molecule has 1 saturated heterocycles. The fraction of sp³-hybridized carbons (Fsp3) is 0.562. The van der Waals surface area contributed by atoms with E-state index in [2.05, 4.69) is 15.5 Å². The lowest BCUT2D eigenvalue weighted by atomic mass is 10.2. The van der Waals surface area contributed by atoms with Gasteiger partial charge in [0, 0.05) is 44.3 Å². The normalized spacial score (nSPS) is 15.8. The molecule has 1 amide bonds. The summed E-state index contributed by atoms with van der Waals surface area (Å²) in [4.78, 5) is 14.7. The summed E-state index contributed by atoms with van der Waals surface area (Å²) < 4.78 is 5.68. The Kier molecular flexibility index (Phi) is 6.49. The van der Waals surface area contributed by atoms with Crippen LogP contribution >= 0.6 is 11.6 Å². The van der Waals surface area contributed by atoms with Gasteiger partial charge >= 0.3 is 0 Å². The maximum absolute atomic E-state index is 12.4. The van der Waals surface area contributed by atoms with Crippen LogP contribution in [0.1, 0.15) is 24.2 Å². The number of carbonyl (C=O) groups is 1. The number of benzene rings is 1. The van der Waals surface area contributed by atoms with Crippen LogP contribution in [0.3, 0.4) is 0 Å². The summed E-state index contributed by atoms with van der Waals surface area (Å²) in [6, 6.07) is 5.13. The van der Waals surface area contributed by atoms with E-state index in [1.54, 1.807) is 18.2 Å². The van der Waals surface area contributed by atoms with E-state index in [-0.39, 0.29) is 12.0 Å². The SMILES string of the molecule is CC(C)Oc1ccc(Cl)cc1C(=O)NCCN1CCNCC1. The molecule has 1 fully saturated rings. The monoisotopic (exact) mass is 325 g/mol. The van der Waals surface area contributed by atoms with Crippen molar-refractivity contribution in [1.29, 1.82) is 0 Å². The predicted molar refractivity (Wildman–Crippen MR) is 88.9 cm³/mol. The van der Waals surface area contributed by atoms with Gasteiger partial charge in [0.15, 0.2) is 0 Å². The van der Waals surface area contributed by atoms with Gasteiger partial charge in [-0.05, 0) is 32.0 Å². The van der Waals surface area contributed by atoms with Gasteiger partial charge in [-0.3, -0.25) is 9.69 Å². The molecule has 122 valence electrons. The third kappa shape index (κ3) is 5.16. The van der Waals surface area contributed by atoms with Gasteiger partial charge in [-0.15, -0.1) is 0 Å². The van der Waals surface area contributed by atoms with E-state index in [9.17, 15) is 4.79 Å². The molecule has 0 aromatic heterocycles. The van der Waals surface area contributed by atoms with Gasteiger partial charge < -0.3 is 15.4 Å². The fourth-order valence-electron chi connectivity index (χ4n) is 2.39. The third-order valence-corrected chi connectivity index (χ3v) is 3.71. The number of nitrogens with one attached hydrogen (secondary N) is 2. The highest BCUT2D eigenvalue weighted by Crippen LogP contribution is 2.23. The molecule has 0 saturated carbocycles. The number of amides is 1. The highest BCUT2D eigenvalue weighted by atomic mass is 35.5. The summed E-state index contributed by atoms with van der Waals surface area (Å²) in [5, 5.41) is 6.79. The second-order valence-electron chi connectivity index (χ2n) is 5.65. The number of piperazine rings is 1. The van der Waals surface area contributed by atoms with Crippen molar-refractivity contribution in [2.24, 2.45) is 0 Å². The molecule has 1 aliphatic heterocycles. The van der Waals surface area contributed by atoms with Crippen LogP contribution in [-0.2, 0) is 0 Å². The van der Waals surface area contributed by atoms with Crippen LogP contribution in [0.15, 0.2) is 18.2 Å². The second kappa shape index (κ2) is 8.36. The van der Waals surface area contributed by atoms with Crippen LogP contribution in [0.2, 0.25) is 5.02 Å². The van der Waals surface area contributed by atoms with Crippen molar-refractivity contribution in [2.75, 3.05) is 39.3 Å². The zero-order valence-corrected chi connectivity index (χ0v) is 13.9. The van der Waals surface area contributed by atoms with Crippen molar-refractivity contribution < 1.29 is 9.53 Å². The maximum atomic E-state index is 12.4. The van der Waals surface area contributed by atoms with Crippen molar-refractivity contribution in [3.05, 3.63) is 28.8 Å². The minimum atomic E-state index is -0.145. The molecule has 2 N–H and O–H groups in total. The Bertz CT molecular complexity index is 502. The van der Waals surface area contributed by atoms with Crippen molar-refractivity contribution in [1.82, 2.24) is 15.5 Å². The van der Waals surface area contributed by atoms with E-state index < -0.39 is 0 Å². The Hall–Kier alpha value is -1.30. The zero-order chi connectivity index (χ0) is 15.9. The van der Waals surface area contributed by atoms with E-state index in [4.69, 9.17) is 16.3 Å².